The standard InChI is InChI=1S/C23H23N5OS/c1-5-6-18(29)11-19-22-27-26-15(4)28(22)23-20(13(2)14(3)30-23)21(25-19)17-9-7-16(12-24)8-10-17/h7-10,19H,5-6,11H2,1-4H3/t19-/m0/s1. The molecule has 0 aliphatic carbocycles. The first-order valence-electron chi connectivity index (χ1n) is 10.1. The van der Waals surface area contributed by atoms with Gasteiger partial charge in [-0.25, -0.2) is 0 Å². The largest absolute Gasteiger partial charge is 0.300 e. The third-order valence-electron chi connectivity index (χ3n) is 5.48. The molecule has 7 heteroatoms. The quantitative estimate of drug-likeness (QED) is 0.598. The van der Waals surface area contributed by atoms with E-state index in [9.17, 15) is 4.79 Å². The number of aromatic nitrogens is 3. The summed E-state index contributed by atoms with van der Waals surface area (Å²) in [6.45, 7) is 8.15. The minimum Gasteiger partial charge on any atom is -0.300 e. The lowest BCUT2D eigenvalue weighted by atomic mass is 9.98. The summed E-state index contributed by atoms with van der Waals surface area (Å²) in [4.78, 5) is 18.8. The molecule has 0 unspecified atom stereocenters. The van der Waals surface area contributed by atoms with Crippen LogP contribution in [-0.2, 0) is 4.79 Å². The lowest BCUT2D eigenvalue weighted by Gasteiger charge is -2.12. The number of nitriles is 1. The molecule has 0 fully saturated rings. The van der Waals surface area contributed by atoms with Gasteiger partial charge in [0.05, 0.1) is 17.3 Å². The van der Waals surface area contributed by atoms with Crippen molar-refractivity contribution in [2.75, 3.05) is 0 Å². The van der Waals surface area contributed by atoms with Crippen LogP contribution < -0.4 is 0 Å². The van der Waals surface area contributed by atoms with Gasteiger partial charge < -0.3 is 0 Å². The van der Waals surface area contributed by atoms with Crippen molar-refractivity contribution < 1.29 is 4.79 Å². The molecule has 1 aliphatic heterocycles. The van der Waals surface area contributed by atoms with Gasteiger partial charge in [0.2, 0.25) is 0 Å². The molecule has 0 N–H and O–H groups in total. The van der Waals surface area contributed by atoms with Gasteiger partial charge >= 0.3 is 0 Å². The maximum absolute atomic E-state index is 12.5. The van der Waals surface area contributed by atoms with Gasteiger partial charge in [-0.2, -0.15) is 5.26 Å². The van der Waals surface area contributed by atoms with Crippen LogP contribution in [0.4, 0.5) is 0 Å². The molecular formula is C23H23N5OS. The van der Waals surface area contributed by atoms with E-state index < -0.39 is 6.04 Å². The number of hydrogen-bond acceptors (Lipinski definition) is 6. The number of ketones is 1. The predicted octanol–water partition coefficient (Wildman–Crippen LogP) is 4.78. The number of fused-ring (bicyclic) bond motifs is 3. The van der Waals surface area contributed by atoms with Gasteiger partial charge in [0, 0.05) is 28.8 Å². The molecule has 0 spiro atoms. The summed E-state index contributed by atoms with van der Waals surface area (Å²) in [5.41, 5.74) is 4.60. The van der Waals surface area contributed by atoms with Gasteiger partial charge in [0.1, 0.15) is 22.7 Å². The van der Waals surface area contributed by atoms with Crippen LogP contribution in [-0.4, -0.2) is 26.3 Å². The number of aryl methyl sites for hydroxylation is 2. The number of hydrogen-bond donors (Lipinski definition) is 0. The molecular weight excluding hydrogens is 394 g/mol. The van der Waals surface area contributed by atoms with E-state index in [0.29, 0.717) is 24.2 Å². The highest BCUT2D eigenvalue weighted by Gasteiger charge is 2.32. The normalized spacial score (nSPS) is 15.0. The van der Waals surface area contributed by atoms with Gasteiger partial charge in [-0.1, -0.05) is 19.1 Å². The molecule has 3 aromatic rings. The molecule has 0 bridgehead atoms. The second kappa shape index (κ2) is 7.96. The molecule has 0 saturated heterocycles. The van der Waals surface area contributed by atoms with Gasteiger partial charge in [0.15, 0.2) is 5.82 Å². The van der Waals surface area contributed by atoms with E-state index in [1.165, 1.54) is 4.88 Å². The monoisotopic (exact) mass is 417 g/mol. The second-order valence-corrected chi connectivity index (χ2v) is 8.78. The topological polar surface area (TPSA) is 83.9 Å². The van der Waals surface area contributed by atoms with Crippen molar-refractivity contribution in [3.05, 3.63) is 63.0 Å². The SMILES string of the molecule is CCCC(=O)C[C@@H]1N=C(c2ccc(C#N)cc2)c2c(sc(C)c2C)-n2c(C)nnc21. The van der Waals surface area contributed by atoms with Crippen LogP contribution in [0.1, 0.15) is 71.0 Å². The van der Waals surface area contributed by atoms with Crippen LogP contribution in [0.3, 0.4) is 0 Å². The Morgan fingerprint density at radius 1 is 1.20 bits per heavy atom. The number of nitrogens with zero attached hydrogens (tertiary/aromatic N) is 5. The van der Waals surface area contributed by atoms with Crippen LogP contribution in [0.5, 0.6) is 0 Å². The Balaban J connectivity index is 1.95. The maximum atomic E-state index is 12.5. The zero-order valence-corrected chi connectivity index (χ0v) is 18.4. The number of aliphatic imine (C=N–C) groups is 1. The molecule has 4 rings (SSSR count). The van der Waals surface area contributed by atoms with Crippen molar-refractivity contribution in [2.24, 2.45) is 4.99 Å². The van der Waals surface area contributed by atoms with E-state index in [4.69, 9.17) is 10.3 Å². The van der Waals surface area contributed by atoms with E-state index in [-0.39, 0.29) is 5.78 Å². The number of thiophene rings is 1. The van der Waals surface area contributed by atoms with Gasteiger partial charge in [0.25, 0.3) is 0 Å². The third kappa shape index (κ3) is 3.37. The highest BCUT2D eigenvalue weighted by atomic mass is 32.1. The smallest absolute Gasteiger partial charge is 0.163 e. The molecule has 1 aliphatic rings. The number of carbonyl (C=O) groups excluding carboxylic acids is 1. The van der Waals surface area contributed by atoms with Crippen LogP contribution in [0.2, 0.25) is 0 Å². The summed E-state index contributed by atoms with van der Waals surface area (Å²) < 4.78 is 2.06. The molecule has 152 valence electrons. The maximum Gasteiger partial charge on any atom is 0.163 e. The fraction of sp³-hybridized carbons (Fsp3) is 0.348. The van der Waals surface area contributed by atoms with E-state index in [1.807, 2.05) is 26.0 Å². The lowest BCUT2D eigenvalue weighted by Crippen LogP contribution is -2.11. The fourth-order valence-corrected chi connectivity index (χ4v) is 5.04. The summed E-state index contributed by atoms with van der Waals surface area (Å²) in [6.07, 6.45) is 1.65. The van der Waals surface area contributed by atoms with E-state index >= 15 is 0 Å². The highest BCUT2D eigenvalue weighted by Crippen LogP contribution is 2.39. The van der Waals surface area contributed by atoms with Gasteiger partial charge in [-0.15, -0.1) is 21.5 Å². The average Bonchev–Trinajstić information content (AvgIpc) is 3.21. The molecule has 1 aromatic carbocycles. The summed E-state index contributed by atoms with van der Waals surface area (Å²) in [5.74, 6) is 1.68. The molecule has 0 saturated carbocycles. The van der Waals surface area contributed by atoms with Crippen molar-refractivity contribution in [2.45, 2.75) is 53.0 Å². The Labute approximate surface area is 179 Å². The lowest BCUT2D eigenvalue weighted by molar-refractivity contribution is -0.119. The van der Waals surface area contributed by atoms with Crippen molar-refractivity contribution in [1.82, 2.24) is 14.8 Å². The molecule has 6 nitrogen and oxygen atoms in total. The number of carbonyl (C=O) groups is 1. The summed E-state index contributed by atoms with van der Waals surface area (Å²) in [7, 11) is 0. The summed E-state index contributed by atoms with van der Waals surface area (Å²) in [6, 6.07) is 9.24. The zero-order chi connectivity index (χ0) is 21.4. The predicted molar refractivity (Wildman–Crippen MR) is 118 cm³/mol. The van der Waals surface area contributed by atoms with E-state index in [0.717, 1.165) is 39.6 Å². The first-order chi connectivity index (χ1) is 14.4. The molecule has 0 radical (unpaired) electrons. The number of rotatable bonds is 5. The Bertz CT molecular complexity index is 1190. The van der Waals surface area contributed by atoms with E-state index in [2.05, 4.69) is 34.7 Å². The van der Waals surface area contributed by atoms with Crippen molar-refractivity contribution in [1.29, 1.82) is 5.26 Å². The molecule has 3 heterocycles. The Hall–Kier alpha value is -3.11. The van der Waals surface area contributed by atoms with Crippen molar-refractivity contribution >= 4 is 22.8 Å². The Morgan fingerprint density at radius 3 is 2.60 bits per heavy atom. The van der Waals surface area contributed by atoms with Crippen molar-refractivity contribution in [3.63, 3.8) is 0 Å². The third-order valence-corrected chi connectivity index (χ3v) is 6.67. The van der Waals surface area contributed by atoms with Crippen LogP contribution in [0.25, 0.3) is 5.00 Å². The van der Waals surface area contributed by atoms with E-state index in [1.54, 1.807) is 23.5 Å². The average molecular weight is 418 g/mol. The first kappa shape index (κ1) is 20.2. The second-order valence-electron chi connectivity index (χ2n) is 7.58. The first-order valence-corrected chi connectivity index (χ1v) is 10.9. The number of Topliss-reactive ketones (excluding diaryl/α,β-unsaturated/α-hetero) is 1. The fourth-order valence-electron chi connectivity index (χ4n) is 3.82. The Kier molecular flexibility index (Phi) is 5.35. The molecule has 30 heavy (non-hydrogen) atoms. The molecule has 1 atom stereocenters. The number of benzene rings is 1. The summed E-state index contributed by atoms with van der Waals surface area (Å²) >= 11 is 1.69. The van der Waals surface area contributed by atoms with Crippen LogP contribution in [0, 0.1) is 32.1 Å². The minimum absolute atomic E-state index is 0.177. The summed E-state index contributed by atoms with van der Waals surface area (Å²) in [5, 5.41) is 18.9. The zero-order valence-electron chi connectivity index (χ0n) is 17.6. The van der Waals surface area contributed by atoms with Crippen LogP contribution >= 0.6 is 11.3 Å². The Morgan fingerprint density at radius 2 is 1.93 bits per heavy atom. The molecule has 0 amide bonds. The van der Waals surface area contributed by atoms with Crippen LogP contribution in [0.15, 0.2) is 29.3 Å². The van der Waals surface area contributed by atoms with Gasteiger partial charge in [-0.3, -0.25) is 14.4 Å². The van der Waals surface area contributed by atoms with Crippen molar-refractivity contribution in [3.8, 4) is 11.1 Å². The minimum atomic E-state index is -0.393. The molecule has 2 aromatic heterocycles. The highest BCUT2D eigenvalue weighted by molar-refractivity contribution is 7.15. The van der Waals surface area contributed by atoms with Gasteiger partial charge in [-0.05, 0) is 44.9 Å².